The van der Waals surface area contributed by atoms with Crippen molar-refractivity contribution in [3.8, 4) is 5.69 Å². The van der Waals surface area contributed by atoms with Crippen molar-refractivity contribution in [2.45, 2.75) is 84.1 Å². The Bertz CT molecular complexity index is 1870. The number of carbonyl (C=O) groups is 2. The first kappa shape index (κ1) is 35.1. The van der Waals surface area contributed by atoms with Crippen LogP contribution in [0.25, 0.3) is 11.3 Å². The molecule has 1 aliphatic rings. The Labute approximate surface area is 287 Å². The topological polar surface area (TPSA) is 104 Å². The predicted molar refractivity (Wildman–Crippen MR) is 190 cm³/mol. The minimum atomic E-state index is -0.936. The number of hydrogen-bond donors (Lipinski definition) is 1. The van der Waals surface area contributed by atoms with E-state index in [0.717, 1.165) is 31.2 Å². The molecule has 8 nitrogen and oxygen atoms in total. The van der Waals surface area contributed by atoms with Crippen LogP contribution >= 0.6 is 0 Å². The zero-order valence-corrected chi connectivity index (χ0v) is 28.6. The zero-order valence-electron chi connectivity index (χ0n) is 28.6. The number of nitrogen functional groups attached to an aromatic ring is 1. The molecule has 0 radical (unpaired) electrons. The summed E-state index contributed by atoms with van der Waals surface area (Å²) in [4.78, 5) is 42.1. The van der Waals surface area contributed by atoms with Gasteiger partial charge in [-0.25, -0.2) is 14.0 Å². The first-order chi connectivity index (χ1) is 23.3. The van der Waals surface area contributed by atoms with Crippen molar-refractivity contribution in [1.82, 2.24) is 9.47 Å². The molecule has 3 aromatic carbocycles. The summed E-state index contributed by atoms with van der Waals surface area (Å²) in [6.07, 6.45) is 3.05. The van der Waals surface area contributed by atoms with Crippen LogP contribution in [0.5, 0.6) is 0 Å². The van der Waals surface area contributed by atoms with E-state index >= 15 is 0 Å². The van der Waals surface area contributed by atoms with E-state index in [1.165, 1.54) is 21.6 Å². The maximum absolute atomic E-state index is 13.9. The maximum Gasteiger partial charge on any atom is 0.411 e. The second-order valence-electron chi connectivity index (χ2n) is 13.6. The normalized spacial score (nSPS) is 13.9. The van der Waals surface area contributed by atoms with Crippen LogP contribution in [0.4, 0.5) is 15.0 Å². The number of hydrogen-bond acceptors (Lipinski definition) is 6. The lowest BCUT2D eigenvalue weighted by molar-refractivity contribution is -0.155. The average Bonchev–Trinajstić information content (AvgIpc) is 3.57. The van der Waals surface area contributed by atoms with E-state index < -0.39 is 23.7 Å². The van der Waals surface area contributed by atoms with Gasteiger partial charge in [0.1, 0.15) is 29.4 Å². The fourth-order valence-electron chi connectivity index (χ4n) is 6.04. The van der Waals surface area contributed by atoms with E-state index in [4.69, 9.17) is 15.2 Å². The van der Waals surface area contributed by atoms with Crippen LogP contribution in [0.3, 0.4) is 0 Å². The van der Waals surface area contributed by atoms with E-state index in [-0.39, 0.29) is 36.3 Å². The second-order valence-corrected chi connectivity index (χ2v) is 13.6. The number of anilines is 1. The number of benzene rings is 3. The Morgan fingerprint density at radius 3 is 2.29 bits per heavy atom. The molecule has 1 aromatic heterocycles. The molecule has 256 valence electrons. The highest BCUT2D eigenvalue weighted by Gasteiger charge is 2.36. The quantitative estimate of drug-likeness (QED) is 0.174. The van der Waals surface area contributed by atoms with Gasteiger partial charge < -0.3 is 15.2 Å². The lowest BCUT2D eigenvalue weighted by Crippen LogP contribution is -2.49. The molecule has 1 aliphatic carbocycles. The van der Waals surface area contributed by atoms with Crippen LogP contribution in [0.15, 0.2) is 96.3 Å². The third-order valence-electron chi connectivity index (χ3n) is 8.64. The summed E-state index contributed by atoms with van der Waals surface area (Å²) in [6, 6.07) is 23.3. The molecule has 1 heterocycles. The summed E-state index contributed by atoms with van der Waals surface area (Å²) >= 11 is 0. The molecule has 5 rings (SSSR count). The van der Waals surface area contributed by atoms with Gasteiger partial charge in [-0.1, -0.05) is 55.1 Å². The number of ether oxygens (including phenoxy) is 2. The van der Waals surface area contributed by atoms with Crippen molar-refractivity contribution in [3.05, 3.63) is 135 Å². The third kappa shape index (κ3) is 8.65. The SMILES string of the molecule is C=C(c1ccc(F)c(C)c1)c1ccc(=O)n(-c2ccc(CN(C(=O)OC(C)(C)C)[C@@H](Cc3ccccc3)C(=O)OC3CCCC3)cc2)c1N. The van der Waals surface area contributed by atoms with Crippen molar-refractivity contribution in [2.75, 3.05) is 5.73 Å². The van der Waals surface area contributed by atoms with Gasteiger partial charge in [0.2, 0.25) is 0 Å². The van der Waals surface area contributed by atoms with Crippen LogP contribution in [-0.4, -0.2) is 39.3 Å². The highest BCUT2D eigenvalue weighted by atomic mass is 19.1. The van der Waals surface area contributed by atoms with E-state index in [0.29, 0.717) is 33.5 Å². The number of halogens is 1. The van der Waals surface area contributed by atoms with Crippen LogP contribution in [0, 0.1) is 12.7 Å². The van der Waals surface area contributed by atoms with Crippen molar-refractivity contribution >= 4 is 23.5 Å². The number of esters is 1. The van der Waals surface area contributed by atoms with Gasteiger partial charge in [-0.15, -0.1) is 0 Å². The molecule has 1 amide bonds. The highest BCUT2D eigenvalue weighted by Crippen LogP contribution is 2.29. The Morgan fingerprint density at radius 1 is 0.980 bits per heavy atom. The van der Waals surface area contributed by atoms with Gasteiger partial charge >= 0.3 is 12.1 Å². The number of pyridine rings is 1. The number of nitrogens with zero attached hydrogens (tertiary/aromatic N) is 2. The Balaban J connectivity index is 1.46. The molecule has 0 unspecified atom stereocenters. The fraction of sp³-hybridized carbons (Fsp3) is 0.325. The zero-order chi connectivity index (χ0) is 35.3. The van der Waals surface area contributed by atoms with Gasteiger partial charge in [0.05, 0.1) is 5.69 Å². The van der Waals surface area contributed by atoms with Crippen molar-refractivity contribution < 1.29 is 23.5 Å². The van der Waals surface area contributed by atoms with Gasteiger partial charge in [0.25, 0.3) is 5.56 Å². The number of nitrogens with two attached hydrogens (primary N) is 1. The molecule has 0 saturated heterocycles. The van der Waals surface area contributed by atoms with E-state index in [2.05, 4.69) is 6.58 Å². The van der Waals surface area contributed by atoms with E-state index in [9.17, 15) is 18.8 Å². The number of aromatic nitrogens is 1. The van der Waals surface area contributed by atoms with E-state index in [1.54, 1.807) is 70.2 Å². The summed E-state index contributed by atoms with van der Waals surface area (Å²) in [5.41, 5.74) is 9.75. The van der Waals surface area contributed by atoms with Gasteiger partial charge in [0.15, 0.2) is 0 Å². The molecule has 1 fully saturated rings. The molecule has 0 aliphatic heterocycles. The molecule has 1 atom stereocenters. The molecule has 0 bridgehead atoms. The number of amides is 1. The van der Waals surface area contributed by atoms with E-state index in [1.807, 2.05) is 30.3 Å². The lowest BCUT2D eigenvalue weighted by atomic mass is 9.98. The highest BCUT2D eigenvalue weighted by molar-refractivity contribution is 5.84. The number of aryl methyl sites for hydroxylation is 1. The third-order valence-corrected chi connectivity index (χ3v) is 8.64. The van der Waals surface area contributed by atoms with Crippen LogP contribution in [0.2, 0.25) is 0 Å². The molecular weight excluding hydrogens is 621 g/mol. The molecule has 1 saturated carbocycles. The standard InChI is InChI=1S/C40H44FN3O5/c1-26-23-30(17-21-34(26)41)27(2)33-20-22-36(45)44(37(33)42)31-18-15-29(16-19-31)25-43(39(47)49-40(3,4)5)35(24-28-11-7-6-8-12-28)38(46)48-32-13-9-10-14-32/h6-8,11-12,15-23,32,35H,2,9-10,13-14,24-25,42H2,1,3-5H3/t35-/m0/s1. The largest absolute Gasteiger partial charge is 0.461 e. The van der Waals surface area contributed by atoms with Crippen LogP contribution < -0.4 is 11.3 Å². The Hall–Kier alpha value is -5.18. The van der Waals surface area contributed by atoms with Crippen LogP contribution in [0.1, 0.15) is 74.3 Å². The molecule has 9 heteroatoms. The molecular formula is C40H44FN3O5. The molecule has 49 heavy (non-hydrogen) atoms. The minimum absolute atomic E-state index is 0.0532. The van der Waals surface area contributed by atoms with Crippen molar-refractivity contribution in [2.24, 2.45) is 0 Å². The second kappa shape index (κ2) is 14.9. The van der Waals surface area contributed by atoms with Crippen molar-refractivity contribution in [3.63, 3.8) is 0 Å². The Morgan fingerprint density at radius 2 is 1.65 bits per heavy atom. The predicted octanol–water partition coefficient (Wildman–Crippen LogP) is 7.76. The first-order valence-electron chi connectivity index (χ1n) is 16.6. The van der Waals surface area contributed by atoms with Crippen molar-refractivity contribution in [1.29, 1.82) is 0 Å². The van der Waals surface area contributed by atoms with Gasteiger partial charge in [-0.2, -0.15) is 0 Å². The smallest absolute Gasteiger partial charge is 0.411 e. The van der Waals surface area contributed by atoms with Gasteiger partial charge in [-0.3, -0.25) is 14.3 Å². The van der Waals surface area contributed by atoms with Crippen LogP contribution in [-0.2, 0) is 27.2 Å². The summed E-state index contributed by atoms with van der Waals surface area (Å²) in [5, 5.41) is 0. The maximum atomic E-state index is 13.9. The molecule has 2 N–H and O–H groups in total. The fourth-order valence-corrected chi connectivity index (χ4v) is 6.04. The average molecular weight is 666 g/mol. The summed E-state index contributed by atoms with van der Waals surface area (Å²) < 4.78 is 27.1. The summed E-state index contributed by atoms with van der Waals surface area (Å²) in [7, 11) is 0. The monoisotopic (exact) mass is 665 g/mol. The van der Waals surface area contributed by atoms with Gasteiger partial charge in [0, 0.05) is 24.6 Å². The molecule has 0 spiro atoms. The lowest BCUT2D eigenvalue weighted by Gasteiger charge is -2.33. The first-order valence-corrected chi connectivity index (χ1v) is 16.6. The number of rotatable bonds is 10. The van der Waals surface area contributed by atoms with Gasteiger partial charge in [-0.05, 0) is 112 Å². The minimum Gasteiger partial charge on any atom is -0.461 e. The Kier molecular flexibility index (Phi) is 10.7. The molecule has 4 aromatic rings. The summed E-state index contributed by atoms with van der Waals surface area (Å²) in [5.74, 6) is -0.608. The summed E-state index contributed by atoms with van der Waals surface area (Å²) in [6.45, 7) is 11.2. The number of carbonyl (C=O) groups excluding carboxylic acids is 2.